The summed E-state index contributed by atoms with van der Waals surface area (Å²) >= 11 is 6.34. The number of nitrogens with zero attached hydrogens (tertiary/aromatic N) is 1. The molecule has 1 unspecified atom stereocenters. The highest BCUT2D eigenvalue weighted by Crippen LogP contribution is 2.45. The summed E-state index contributed by atoms with van der Waals surface area (Å²) in [4.78, 5) is 76.7. The highest BCUT2D eigenvalue weighted by molar-refractivity contribution is 6.32. The number of cyclic esters (lactones) is 2. The van der Waals surface area contributed by atoms with E-state index >= 15 is 0 Å². The van der Waals surface area contributed by atoms with Gasteiger partial charge in [-0.2, -0.15) is 0 Å². The van der Waals surface area contributed by atoms with Crippen molar-refractivity contribution in [1.82, 2.24) is 10.6 Å². The second kappa shape index (κ2) is 20.5. The van der Waals surface area contributed by atoms with E-state index in [2.05, 4.69) is 10.6 Å². The van der Waals surface area contributed by atoms with Gasteiger partial charge >= 0.3 is 18.1 Å². The molecular formula is C44H50ClN3O13. The summed E-state index contributed by atoms with van der Waals surface area (Å²) in [6.07, 6.45) is -0.574. The Labute approximate surface area is 358 Å². The number of non-ortho nitro benzene ring substituents is 1. The van der Waals surface area contributed by atoms with E-state index in [1.165, 1.54) is 37.5 Å². The van der Waals surface area contributed by atoms with Crippen LogP contribution in [-0.2, 0) is 51.2 Å². The molecule has 5 rings (SSSR count). The van der Waals surface area contributed by atoms with Gasteiger partial charge in [0.2, 0.25) is 11.8 Å². The predicted octanol–water partition coefficient (Wildman–Crippen LogP) is 6.75. The molecule has 0 aromatic heterocycles. The molecule has 0 bridgehead atoms. The van der Waals surface area contributed by atoms with Crippen LogP contribution in [0.3, 0.4) is 0 Å². The Morgan fingerprint density at radius 1 is 0.984 bits per heavy atom. The van der Waals surface area contributed by atoms with Crippen LogP contribution in [0.5, 0.6) is 11.5 Å². The van der Waals surface area contributed by atoms with Crippen LogP contribution in [0.15, 0.2) is 78.9 Å². The van der Waals surface area contributed by atoms with E-state index < -0.39 is 64.4 Å². The second-order valence-electron chi connectivity index (χ2n) is 16.0. The fraction of sp³-hybridized carbons (Fsp3) is 0.432. The maximum absolute atomic E-state index is 13.8. The van der Waals surface area contributed by atoms with Crippen molar-refractivity contribution in [2.45, 2.75) is 90.9 Å². The minimum Gasteiger partial charge on any atom is -0.495 e. The maximum atomic E-state index is 13.8. The van der Waals surface area contributed by atoms with Crippen molar-refractivity contribution in [3.8, 4) is 11.5 Å². The van der Waals surface area contributed by atoms with Gasteiger partial charge in [0.15, 0.2) is 6.10 Å². The molecule has 326 valence electrons. The number of epoxide rings is 1. The number of nitro benzene ring substituents is 1. The first-order chi connectivity index (χ1) is 28.9. The number of nitrogens with one attached hydrogen (secondary N) is 2. The van der Waals surface area contributed by atoms with Gasteiger partial charge in [-0.25, -0.2) is 9.59 Å². The van der Waals surface area contributed by atoms with Crippen LogP contribution >= 0.6 is 11.6 Å². The lowest BCUT2D eigenvalue weighted by molar-refractivity contribution is -0.384. The Bertz CT molecular complexity index is 2110. The van der Waals surface area contributed by atoms with Crippen LogP contribution in [0.25, 0.3) is 0 Å². The molecule has 0 saturated carbocycles. The van der Waals surface area contributed by atoms with Gasteiger partial charge in [-0.05, 0) is 73.2 Å². The Kier molecular flexibility index (Phi) is 15.5. The average molecular weight is 864 g/mol. The number of amides is 2. The zero-order chi connectivity index (χ0) is 44.4. The number of nitro groups is 1. The molecule has 0 spiro atoms. The molecule has 6 atom stereocenters. The van der Waals surface area contributed by atoms with Gasteiger partial charge in [-0.15, -0.1) is 0 Å². The van der Waals surface area contributed by atoms with E-state index in [0.29, 0.717) is 21.9 Å². The van der Waals surface area contributed by atoms with Gasteiger partial charge in [0.25, 0.3) is 5.69 Å². The number of methoxy groups -OCH3 is 1. The molecule has 1 saturated heterocycles. The zero-order valence-corrected chi connectivity index (χ0v) is 35.5. The van der Waals surface area contributed by atoms with Crippen LogP contribution in [0.2, 0.25) is 5.02 Å². The van der Waals surface area contributed by atoms with Crippen molar-refractivity contribution >= 4 is 47.2 Å². The van der Waals surface area contributed by atoms with E-state index in [4.69, 9.17) is 40.0 Å². The first kappa shape index (κ1) is 46.1. The third-order valence-electron chi connectivity index (χ3n) is 10.2. The van der Waals surface area contributed by atoms with Gasteiger partial charge < -0.3 is 39.1 Å². The molecule has 0 aliphatic carbocycles. The topological polar surface area (TPSA) is 211 Å². The molecule has 16 nitrogen and oxygen atoms in total. The predicted molar refractivity (Wildman–Crippen MR) is 221 cm³/mol. The van der Waals surface area contributed by atoms with Gasteiger partial charge in [0, 0.05) is 37.4 Å². The molecule has 3 aromatic carbocycles. The minimum absolute atomic E-state index is 0.0457. The lowest BCUT2D eigenvalue weighted by Gasteiger charge is -2.29. The highest BCUT2D eigenvalue weighted by Gasteiger charge is 2.48. The van der Waals surface area contributed by atoms with Gasteiger partial charge in [-0.1, -0.05) is 68.8 Å². The Balaban J connectivity index is 1.29. The van der Waals surface area contributed by atoms with Crippen LogP contribution in [0.1, 0.15) is 70.3 Å². The SMILES string of the molecule is COc1ccc(C[C@H]2NC(=O)/C=C/C[C@@H](C(C)[C@@H]3O[C@H]3c3ccc(COC(=O)Oc4ccc([N+](=O)[O-])cc4)cc3)OC(=O)[C@H](CC(C)C)OC(=O)C(C)(C)CNC2=O)cc1Cl. The summed E-state index contributed by atoms with van der Waals surface area (Å²) in [7, 11) is 1.49. The summed E-state index contributed by atoms with van der Waals surface area (Å²) in [5.41, 5.74) is 0.728. The highest BCUT2D eigenvalue weighted by atomic mass is 35.5. The number of ether oxygens (including phenoxy) is 6. The molecule has 17 heteroatoms. The monoisotopic (exact) mass is 863 g/mol. The quantitative estimate of drug-likeness (QED) is 0.0483. The summed E-state index contributed by atoms with van der Waals surface area (Å²) in [6.45, 7) is 8.56. The number of hydrogen-bond acceptors (Lipinski definition) is 13. The molecule has 2 N–H and O–H groups in total. The van der Waals surface area contributed by atoms with Crippen LogP contribution in [0, 0.1) is 27.4 Å². The van der Waals surface area contributed by atoms with Gasteiger partial charge in [0.05, 0.1) is 28.6 Å². The first-order valence-corrected chi connectivity index (χ1v) is 20.1. The van der Waals surface area contributed by atoms with Crippen molar-refractivity contribution in [3.05, 3.63) is 111 Å². The van der Waals surface area contributed by atoms with Gasteiger partial charge in [0.1, 0.15) is 36.4 Å². The number of esters is 2. The van der Waals surface area contributed by atoms with Crippen LogP contribution in [0.4, 0.5) is 10.5 Å². The number of benzene rings is 3. The zero-order valence-electron chi connectivity index (χ0n) is 34.7. The van der Waals surface area contributed by atoms with Gasteiger partial charge in [-0.3, -0.25) is 24.5 Å². The molecule has 2 heterocycles. The van der Waals surface area contributed by atoms with Crippen LogP contribution in [-0.4, -0.2) is 72.8 Å². The molecule has 61 heavy (non-hydrogen) atoms. The maximum Gasteiger partial charge on any atom is 0.514 e. The molecule has 2 aliphatic rings. The summed E-state index contributed by atoms with van der Waals surface area (Å²) in [5, 5.41) is 16.7. The molecule has 3 aromatic rings. The minimum atomic E-state index is -1.26. The van der Waals surface area contributed by atoms with E-state index in [9.17, 15) is 34.1 Å². The Morgan fingerprint density at radius 3 is 2.31 bits per heavy atom. The van der Waals surface area contributed by atoms with Crippen molar-refractivity contribution in [1.29, 1.82) is 0 Å². The molecular weight excluding hydrogens is 814 g/mol. The van der Waals surface area contributed by atoms with Crippen molar-refractivity contribution in [2.24, 2.45) is 17.3 Å². The molecule has 0 radical (unpaired) electrons. The fourth-order valence-electron chi connectivity index (χ4n) is 6.53. The molecule has 2 amide bonds. The number of carbonyl (C=O) groups is 5. The van der Waals surface area contributed by atoms with E-state index in [-0.39, 0.29) is 62.0 Å². The molecule has 2 aliphatic heterocycles. The second-order valence-corrected chi connectivity index (χ2v) is 16.4. The number of rotatable bonds is 12. The molecule has 1 fully saturated rings. The number of halogens is 1. The number of carbonyl (C=O) groups excluding carboxylic acids is 5. The lowest BCUT2D eigenvalue weighted by Crippen LogP contribution is -2.51. The van der Waals surface area contributed by atoms with Crippen molar-refractivity contribution in [3.63, 3.8) is 0 Å². The Morgan fingerprint density at radius 2 is 1.67 bits per heavy atom. The Hall–Kier alpha value is -6.00. The summed E-state index contributed by atoms with van der Waals surface area (Å²) in [6, 6.07) is 16.2. The van der Waals surface area contributed by atoms with E-state index in [0.717, 1.165) is 5.56 Å². The van der Waals surface area contributed by atoms with Crippen LogP contribution < -0.4 is 20.1 Å². The van der Waals surface area contributed by atoms with Crippen molar-refractivity contribution in [2.75, 3.05) is 13.7 Å². The first-order valence-electron chi connectivity index (χ1n) is 19.8. The van der Waals surface area contributed by atoms with E-state index in [1.807, 2.05) is 32.9 Å². The third-order valence-corrected chi connectivity index (χ3v) is 10.5. The average Bonchev–Trinajstić information content (AvgIpc) is 4.02. The third kappa shape index (κ3) is 13.0. The van der Waals surface area contributed by atoms with E-state index in [1.54, 1.807) is 50.3 Å². The standard InChI is InChI=1S/C44H50ClN3O13/c1-25(2)20-36-41(51)59-34(26(3)38-39(61-38)29-13-10-27(11-14-29)23-57-43(53)58-31-17-15-30(16-18-31)48(54)55)8-7-9-37(49)47-33(22-28-12-19-35(56-6)32(45)21-28)40(50)46-24-44(4,5)42(52)60-36/h7,9-19,21,25-26,33-34,36,38-39H,8,20,22-24H2,1-6H3,(H,46,50)(H,47,49)/b9-7+/t26?,33-,34+,36+,38+,39+/m1/s1. The van der Waals surface area contributed by atoms with Crippen molar-refractivity contribution < 1.29 is 57.3 Å². The fourth-order valence-corrected chi connectivity index (χ4v) is 6.81. The smallest absolute Gasteiger partial charge is 0.495 e. The summed E-state index contributed by atoms with van der Waals surface area (Å²) in [5.74, 6) is -2.46. The normalized spacial score (nSPS) is 23.0. The largest absolute Gasteiger partial charge is 0.514 e. The number of hydrogen-bond donors (Lipinski definition) is 2. The lowest BCUT2D eigenvalue weighted by atomic mass is 9.92. The summed E-state index contributed by atoms with van der Waals surface area (Å²) < 4.78 is 33.5.